The Morgan fingerprint density at radius 2 is 1.67 bits per heavy atom. The summed E-state index contributed by atoms with van der Waals surface area (Å²) in [4.78, 5) is 2.37. The zero-order valence-corrected chi connectivity index (χ0v) is 9.29. The van der Waals surface area contributed by atoms with Gasteiger partial charge in [-0.2, -0.15) is 0 Å². The molecule has 0 fully saturated rings. The van der Waals surface area contributed by atoms with E-state index in [1.165, 1.54) is 0 Å². The molecule has 0 aromatic carbocycles. The van der Waals surface area contributed by atoms with Crippen molar-refractivity contribution in [3.05, 3.63) is 0 Å². The molecule has 0 spiro atoms. The van der Waals surface area contributed by atoms with Crippen LogP contribution < -0.4 is 0 Å². The van der Waals surface area contributed by atoms with Crippen molar-refractivity contribution >= 4 is 0 Å². The fourth-order valence-corrected chi connectivity index (χ4v) is 1.25. The van der Waals surface area contributed by atoms with E-state index in [9.17, 15) is 0 Å². The van der Waals surface area contributed by atoms with Crippen molar-refractivity contribution in [1.82, 2.24) is 4.90 Å². The largest absolute Gasteiger partial charge is 0.382 e. The Balaban J connectivity index is 3.78. The number of nitrogens with zero attached hydrogens (tertiary/aromatic N) is 1. The molecule has 0 aromatic heterocycles. The van der Waals surface area contributed by atoms with Crippen LogP contribution in [0.4, 0.5) is 0 Å². The molecule has 12 heavy (non-hydrogen) atoms. The van der Waals surface area contributed by atoms with Crippen molar-refractivity contribution < 1.29 is 4.74 Å². The summed E-state index contributed by atoms with van der Waals surface area (Å²) >= 11 is 0. The third-order valence-electron chi connectivity index (χ3n) is 2.59. The fourth-order valence-electron chi connectivity index (χ4n) is 1.25. The monoisotopic (exact) mass is 173 g/mol. The highest BCUT2D eigenvalue weighted by atomic mass is 16.5. The zero-order chi connectivity index (χ0) is 9.72. The Bertz CT molecular complexity index is 114. The Morgan fingerprint density at radius 3 is 2.00 bits per heavy atom. The minimum absolute atomic E-state index is 0.362. The van der Waals surface area contributed by atoms with Crippen molar-refractivity contribution in [2.24, 2.45) is 0 Å². The predicted molar refractivity (Wildman–Crippen MR) is 53.4 cm³/mol. The molecule has 0 saturated carbocycles. The van der Waals surface area contributed by atoms with Crippen LogP contribution in [0.25, 0.3) is 0 Å². The first-order valence-electron chi connectivity index (χ1n) is 4.73. The van der Waals surface area contributed by atoms with Crippen molar-refractivity contribution in [2.75, 3.05) is 14.2 Å². The van der Waals surface area contributed by atoms with Gasteiger partial charge in [0, 0.05) is 19.2 Å². The molecule has 2 nitrogen and oxygen atoms in total. The lowest BCUT2D eigenvalue weighted by Gasteiger charge is -2.29. The Hall–Kier alpha value is -0.0800. The van der Waals surface area contributed by atoms with Gasteiger partial charge in [0.1, 0.15) is 0 Å². The quantitative estimate of drug-likeness (QED) is 0.631. The van der Waals surface area contributed by atoms with Crippen LogP contribution in [0, 0.1) is 0 Å². The van der Waals surface area contributed by atoms with E-state index in [0.717, 1.165) is 6.42 Å². The van der Waals surface area contributed by atoms with E-state index in [1.54, 1.807) is 7.11 Å². The zero-order valence-electron chi connectivity index (χ0n) is 9.29. The fraction of sp³-hybridized carbons (Fsp3) is 1.00. The summed E-state index contributed by atoms with van der Waals surface area (Å²) in [7, 11) is 3.93. The van der Waals surface area contributed by atoms with Crippen molar-refractivity contribution in [3.63, 3.8) is 0 Å². The lowest BCUT2D eigenvalue weighted by atomic mass is 10.1. The van der Waals surface area contributed by atoms with Gasteiger partial charge in [-0.3, -0.25) is 0 Å². The highest BCUT2D eigenvalue weighted by molar-refractivity contribution is 4.69. The third-order valence-corrected chi connectivity index (χ3v) is 2.59. The Morgan fingerprint density at radius 1 is 1.17 bits per heavy atom. The average Bonchev–Trinajstić information content (AvgIpc) is 2.02. The number of methoxy groups -OCH3 is 1. The van der Waals surface area contributed by atoms with Crippen molar-refractivity contribution in [3.8, 4) is 0 Å². The van der Waals surface area contributed by atoms with Gasteiger partial charge in [-0.15, -0.1) is 0 Å². The number of rotatable bonds is 5. The highest BCUT2D eigenvalue weighted by Crippen LogP contribution is 2.09. The van der Waals surface area contributed by atoms with E-state index < -0.39 is 0 Å². The topological polar surface area (TPSA) is 12.5 Å². The molecule has 2 heteroatoms. The molecule has 2 unspecified atom stereocenters. The lowest BCUT2D eigenvalue weighted by molar-refractivity contribution is 0.0760. The molecule has 0 aliphatic rings. The minimum atomic E-state index is 0.362. The second kappa shape index (κ2) is 5.55. The molecule has 0 radical (unpaired) electrons. The first-order valence-corrected chi connectivity index (χ1v) is 4.73. The molecular weight excluding hydrogens is 150 g/mol. The lowest BCUT2D eigenvalue weighted by Crippen LogP contribution is -2.37. The number of hydrogen-bond donors (Lipinski definition) is 0. The summed E-state index contributed by atoms with van der Waals surface area (Å²) in [6, 6.07) is 1.21. The van der Waals surface area contributed by atoms with Crippen LogP contribution in [0.5, 0.6) is 0 Å². The Labute approximate surface area is 76.9 Å². The van der Waals surface area contributed by atoms with Gasteiger partial charge < -0.3 is 9.64 Å². The third kappa shape index (κ3) is 4.07. The summed E-state index contributed by atoms with van der Waals surface area (Å²) in [5, 5.41) is 0. The first kappa shape index (κ1) is 11.9. The van der Waals surface area contributed by atoms with Crippen LogP contribution in [-0.4, -0.2) is 37.2 Å². The van der Waals surface area contributed by atoms with Gasteiger partial charge >= 0.3 is 0 Å². The van der Waals surface area contributed by atoms with E-state index in [4.69, 9.17) is 4.74 Å². The summed E-state index contributed by atoms with van der Waals surface area (Å²) < 4.78 is 5.22. The summed E-state index contributed by atoms with van der Waals surface area (Å²) in [5.74, 6) is 0. The van der Waals surface area contributed by atoms with E-state index in [0.29, 0.717) is 18.2 Å². The van der Waals surface area contributed by atoms with E-state index >= 15 is 0 Å². The molecule has 0 aromatic rings. The molecule has 0 aliphatic heterocycles. The van der Waals surface area contributed by atoms with E-state index in [1.807, 2.05) is 0 Å². The maximum Gasteiger partial charge on any atom is 0.0558 e. The average molecular weight is 173 g/mol. The molecule has 0 bridgehead atoms. The molecule has 0 heterocycles. The van der Waals surface area contributed by atoms with Crippen molar-refractivity contribution in [2.45, 2.75) is 52.3 Å². The van der Waals surface area contributed by atoms with E-state index in [2.05, 4.69) is 39.6 Å². The van der Waals surface area contributed by atoms with Crippen LogP contribution in [0.3, 0.4) is 0 Å². The number of hydrogen-bond acceptors (Lipinski definition) is 2. The molecule has 0 saturated heterocycles. The molecule has 0 aliphatic carbocycles. The maximum atomic E-state index is 5.22. The van der Waals surface area contributed by atoms with Crippen LogP contribution >= 0.6 is 0 Å². The van der Waals surface area contributed by atoms with E-state index in [-0.39, 0.29) is 0 Å². The molecule has 0 amide bonds. The second-order valence-corrected chi connectivity index (χ2v) is 3.89. The molecule has 0 rings (SSSR count). The van der Waals surface area contributed by atoms with Gasteiger partial charge in [0.15, 0.2) is 0 Å². The smallest absolute Gasteiger partial charge is 0.0558 e. The number of ether oxygens (including phenoxy) is 1. The molecule has 2 atom stereocenters. The van der Waals surface area contributed by atoms with Gasteiger partial charge in [-0.1, -0.05) is 0 Å². The van der Waals surface area contributed by atoms with Gasteiger partial charge in [0.05, 0.1) is 6.10 Å². The highest BCUT2D eigenvalue weighted by Gasteiger charge is 2.14. The molecule has 74 valence electrons. The van der Waals surface area contributed by atoms with Crippen LogP contribution in [0.1, 0.15) is 34.1 Å². The molecular formula is C10H23NO. The maximum absolute atomic E-state index is 5.22. The van der Waals surface area contributed by atoms with Gasteiger partial charge in [-0.25, -0.2) is 0 Å². The SMILES string of the molecule is COC(C)CC(C)N(C)C(C)C. The van der Waals surface area contributed by atoms with Crippen LogP contribution in [0.2, 0.25) is 0 Å². The summed E-state index contributed by atoms with van der Waals surface area (Å²) in [5.41, 5.74) is 0. The summed E-state index contributed by atoms with van der Waals surface area (Å²) in [6.07, 6.45) is 1.46. The van der Waals surface area contributed by atoms with Gasteiger partial charge in [0.2, 0.25) is 0 Å². The van der Waals surface area contributed by atoms with Gasteiger partial charge in [0.25, 0.3) is 0 Å². The standard InChI is InChI=1S/C10H23NO/c1-8(2)11(5)9(3)7-10(4)12-6/h8-10H,7H2,1-6H3. The minimum Gasteiger partial charge on any atom is -0.382 e. The predicted octanol–water partition coefficient (Wildman–Crippen LogP) is 2.14. The first-order chi connectivity index (χ1) is 5.49. The van der Waals surface area contributed by atoms with Crippen LogP contribution in [0.15, 0.2) is 0 Å². The molecule has 0 N–H and O–H groups in total. The normalized spacial score (nSPS) is 17.0. The second-order valence-electron chi connectivity index (χ2n) is 3.89. The summed E-state index contributed by atoms with van der Waals surface area (Å²) in [6.45, 7) is 8.79. The Kier molecular flexibility index (Phi) is 5.51. The van der Waals surface area contributed by atoms with Gasteiger partial charge in [-0.05, 0) is 41.2 Å². The van der Waals surface area contributed by atoms with Crippen LogP contribution in [-0.2, 0) is 4.74 Å². The van der Waals surface area contributed by atoms with Crippen molar-refractivity contribution in [1.29, 1.82) is 0 Å².